The SMILES string of the molecule is Cn1ccc(S(=O)(=O)NCc2ncc[nH]2)c1. The van der Waals surface area contributed by atoms with Crippen molar-refractivity contribution in [3.05, 3.63) is 36.7 Å². The number of aryl methyl sites for hydroxylation is 1. The van der Waals surface area contributed by atoms with Crippen LogP contribution in [0, 0.1) is 0 Å². The molecular formula is C9H12N4O2S. The lowest BCUT2D eigenvalue weighted by molar-refractivity contribution is 0.579. The van der Waals surface area contributed by atoms with Crippen LogP contribution in [0.1, 0.15) is 5.82 Å². The van der Waals surface area contributed by atoms with Crippen molar-refractivity contribution in [3.8, 4) is 0 Å². The second kappa shape index (κ2) is 4.11. The summed E-state index contributed by atoms with van der Waals surface area (Å²) in [6.07, 6.45) is 6.45. The van der Waals surface area contributed by atoms with Crippen molar-refractivity contribution >= 4 is 10.0 Å². The monoisotopic (exact) mass is 240 g/mol. The van der Waals surface area contributed by atoms with E-state index in [1.165, 1.54) is 0 Å². The summed E-state index contributed by atoms with van der Waals surface area (Å²) >= 11 is 0. The Morgan fingerprint density at radius 2 is 2.38 bits per heavy atom. The number of aromatic amines is 1. The van der Waals surface area contributed by atoms with Crippen molar-refractivity contribution in [2.24, 2.45) is 7.05 Å². The molecule has 0 aliphatic heterocycles. The molecule has 2 N–H and O–H groups in total. The number of nitrogens with zero attached hydrogens (tertiary/aromatic N) is 2. The molecule has 2 rings (SSSR count). The smallest absolute Gasteiger partial charge is 0.242 e. The summed E-state index contributed by atoms with van der Waals surface area (Å²) in [6.45, 7) is 0.157. The number of hydrogen-bond acceptors (Lipinski definition) is 3. The Hall–Kier alpha value is -1.60. The molecule has 0 radical (unpaired) electrons. The van der Waals surface area contributed by atoms with Gasteiger partial charge in [-0.05, 0) is 6.07 Å². The van der Waals surface area contributed by atoms with E-state index in [1.807, 2.05) is 0 Å². The van der Waals surface area contributed by atoms with Crippen molar-refractivity contribution in [1.82, 2.24) is 19.3 Å². The molecule has 2 aromatic heterocycles. The first-order valence-corrected chi connectivity index (χ1v) is 6.16. The summed E-state index contributed by atoms with van der Waals surface area (Å²) in [5, 5.41) is 0. The Kier molecular flexibility index (Phi) is 2.80. The van der Waals surface area contributed by atoms with Crippen LogP contribution in [0.15, 0.2) is 35.7 Å². The maximum atomic E-state index is 11.8. The summed E-state index contributed by atoms with van der Waals surface area (Å²) in [6, 6.07) is 1.55. The standard InChI is InChI=1S/C9H12N4O2S/c1-13-5-2-8(7-13)16(14,15)12-6-9-10-3-4-11-9/h2-5,7,12H,6H2,1H3,(H,10,11). The van der Waals surface area contributed by atoms with Gasteiger partial charge in [0.15, 0.2) is 0 Å². The van der Waals surface area contributed by atoms with Gasteiger partial charge < -0.3 is 9.55 Å². The number of hydrogen-bond donors (Lipinski definition) is 2. The molecule has 86 valence electrons. The minimum Gasteiger partial charge on any atom is -0.356 e. The van der Waals surface area contributed by atoms with Gasteiger partial charge in [0.2, 0.25) is 10.0 Å². The zero-order valence-corrected chi connectivity index (χ0v) is 9.53. The third-order valence-corrected chi connectivity index (χ3v) is 3.49. The van der Waals surface area contributed by atoms with E-state index in [0.717, 1.165) is 0 Å². The molecule has 2 heterocycles. The maximum absolute atomic E-state index is 11.8. The second-order valence-electron chi connectivity index (χ2n) is 3.37. The van der Waals surface area contributed by atoms with Gasteiger partial charge in [0, 0.05) is 31.8 Å². The predicted octanol–water partition coefficient (Wildman–Crippen LogP) is 0.227. The van der Waals surface area contributed by atoms with Gasteiger partial charge in [-0.3, -0.25) is 0 Å². The van der Waals surface area contributed by atoms with Gasteiger partial charge in [-0.2, -0.15) is 0 Å². The average molecular weight is 240 g/mol. The van der Waals surface area contributed by atoms with Gasteiger partial charge in [0.25, 0.3) is 0 Å². The van der Waals surface area contributed by atoms with Gasteiger partial charge in [-0.1, -0.05) is 0 Å². The van der Waals surface area contributed by atoms with Gasteiger partial charge >= 0.3 is 0 Å². The summed E-state index contributed by atoms with van der Waals surface area (Å²) in [5.74, 6) is 0.583. The van der Waals surface area contributed by atoms with Crippen LogP contribution >= 0.6 is 0 Å². The largest absolute Gasteiger partial charge is 0.356 e. The van der Waals surface area contributed by atoms with Crippen molar-refractivity contribution in [1.29, 1.82) is 0 Å². The number of rotatable bonds is 4. The highest BCUT2D eigenvalue weighted by Crippen LogP contribution is 2.08. The second-order valence-corrected chi connectivity index (χ2v) is 5.14. The molecule has 16 heavy (non-hydrogen) atoms. The number of imidazole rings is 1. The van der Waals surface area contributed by atoms with Crippen LogP contribution in [0.2, 0.25) is 0 Å². The zero-order valence-electron chi connectivity index (χ0n) is 8.71. The molecule has 6 nitrogen and oxygen atoms in total. The predicted molar refractivity (Wildman–Crippen MR) is 58.0 cm³/mol. The molecule has 0 amide bonds. The summed E-state index contributed by atoms with van der Waals surface area (Å²) in [4.78, 5) is 7.01. The van der Waals surface area contributed by atoms with Crippen LogP contribution in [0.4, 0.5) is 0 Å². The number of aromatic nitrogens is 3. The van der Waals surface area contributed by atoms with Crippen LogP contribution in [-0.4, -0.2) is 23.0 Å². The Bertz CT molecular complexity index is 556. The Balaban J connectivity index is 2.09. The fourth-order valence-corrected chi connectivity index (χ4v) is 2.32. The molecule has 0 saturated heterocycles. The topological polar surface area (TPSA) is 79.8 Å². The molecule has 0 bridgehead atoms. The zero-order chi connectivity index (χ0) is 11.6. The molecule has 7 heteroatoms. The molecule has 0 fully saturated rings. The van der Waals surface area contributed by atoms with Crippen LogP contribution < -0.4 is 4.72 Å². The summed E-state index contributed by atoms with van der Waals surface area (Å²) < 4.78 is 27.7. The molecule has 0 aliphatic carbocycles. The first-order chi connectivity index (χ1) is 7.58. The van der Waals surface area contributed by atoms with Gasteiger partial charge in [-0.25, -0.2) is 18.1 Å². The van der Waals surface area contributed by atoms with Gasteiger partial charge in [-0.15, -0.1) is 0 Å². The molecule has 0 aromatic carbocycles. The lowest BCUT2D eigenvalue weighted by Crippen LogP contribution is -2.23. The van der Waals surface area contributed by atoms with E-state index >= 15 is 0 Å². The van der Waals surface area contributed by atoms with Crippen LogP contribution in [0.5, 0.6) is 0 Å². The van der Waals surface area contributed by atoms with E-state index in [0.29, 0.717) is 5.82 Å². The highest BCUT2D eigenvalue weighted by Gasteiger charge is 2.14. The van der Waals surface area contributed by atoms with E-state index < -0.39 is 10.0 Å². The molecular weight excluding hydrogens is 228 g/mol. The summed E-state index contributed by atoms with van der Waals surface area (Å²) in [7, 11) is -1.68. The number of nitrogens with one attached hydrogen (secondary N) is 2. The first-order valence-electron chi connectivity index (χ1n) is 4.68. The summed E-state index contributed by atoms with van der Waals surface area (Å²) in [5.41, 5.74) is 0. The minimum atomic E-state index is -3.45. The number of H-pyrrole nitrogens is 1. The Labute approximate surface area is 93.4 Å². The van der Waals surface area contributed by atoms with Crippen LogP contribution in [0.3, 0.4) is 0 Å². The Morgan fingerprint density at radius 3 is 2.94 bits per heavy atom. The van der Waals surface area contributed by atoms with E-state index in [1.54, 1.807) is 42.5 Å². The lowest BCUT2D eigenvalue weighted by atomic mass is 10.6. The van der Waals surface area contributed by atoms with Gasteiger partial charge in [0.1, 0.15) is 5.82 Å². The Morgan fingerprint density at radius 1 is 1.56 bits per heavy atom. The van der Waals surface area contributed by atoms with Crippen molar-refractivity contribution in [2.45, 2.75) is 11.4 Å². The third-order valence-electron chi connectivity index (χ3n) is 2.10. The highest BCUT2D eigenvalue weighted by atomic mass is 32.2. The van der Waals surface area contributed by atoms with E-state index in [2.05, 4.69) is 14.7 Å². The minimum absolute atomic E-state index is 0.157. The van der Waals surface area contributed by atoms with E-state index in [9.17, 15) is 8.42 Å². The molecule has 0 atom stereocenters. The molecule has 0 unspecified atom stereocenters. The van der Waals surface area contributed by atoms with E-state index in [4.69, 9.17) is 0 Å². The lowest BCUT2D eigenvalue weighted by Gasteiger charge is -2.02. The van der Waals surface area contributed by atoms with Gasteiger partial charge in [0.05, 0.1) is 11.4 Å². The van der Waals surface area contributed by atoms with Crippen LogP contribution in [0.25, 0.3) is 0 Å². The molecule has 2 aromatic rings. The molecule has 0 spiro atoms. The molecule has 0 saturated carbocycles. The molecule has 0 aliphatic rings. The number of sulfonamides is 1. The normalized spacial score (nSPS) is 11.8. The van der Waals surface area contributed by atoms with Crippen molar-refractivity contribution in [3.63, 3.8) is 0 Å². The van der Waals surface area contributed by atoms with E-state index in [-0.39, 0.29) is 11.4 Å². The average Bonchev–Trinajstić information content (AvgIpc) is 2.85. The fourth-order valence-electron chi connectivity index (χ4n) is 1.28. The quantitative estimate of drug-likeness (QED) is 0.802. The van der Waals surface area contributed by atoms with Crippen molar-refractivity contribution < 1.29 is 8.42 Å². The third kappa shape index (κ3) is 2.31. The maximum Gasteiger partial charge on any atom is 0.242 e. The first kappa shape index (κ1) is 10.9. The van der Waals surface area contributed by atoms with Crippen molar-refractivity contribution in [2.75, 3.05) is 0 Å². The highest BCUT2D eigenvalue weighted by molar-refractivity contribution is 7.89. The van der Waals surface area contributed by atoms with Crippen LogP contribution in [-0.2, 0) is 23.6 Å². The fraction of sp³-hybridized carbons (Fsp3) is 0.222.